The zero-order valence-electron chi connectivity index (χ0n) is 14.3. The van der Waals surface area contributed by atoms with Crippen LogP contribution in [0.5, 0.6) is 0 Å². The second-order valence-corrected chi connectivity index (χ2v) is 9.31. The van der Waals surface area contributed by atoms with Gasteiger partial charge in [-0.05, 0) is 42.7 Å². The Morgan fingerprint density at radius 2 is 2.12 bits per heavy atom. The maximum Gasteiger partial charge on any atom is 0.326 e. The Morgan fingerprint density at radius 1 is 1.28 bits per heavy atom. The van der Waals surface area contributed by atoms with Gasteiger partial charge in [0.2, 0.25) is 5.91 Å². The van der Waals surface area contributed by atoms with Gasteiger partial charge >= 0.3 is 5.97 Å². The molecule has 2 aliphatic rings. The fourth-order valence-corrected chi connectivity index (χ4v) is 6.40. The predicted molar refractivity (Wildman–Crippen MR) is 104 cm³/mol. The van der Waals surface area contributed by atoms with E-state index in [0.29, 0.717) is 18.1 Å². The maximum absolute atomic E-state index is 12.3. The standard InChI is InChI=1S/C19H25NO3S2/c21-18(11-15-12-24-8-9-25-15)20-17(19(22)23)10-14-6-3-5-13-4-1-2-7-16(13)14/h1-2,4,7,14-15,17H,3,5-6,8-12H2,(H,20,21)(H,22,23). The molecule has 1 aromatic carbocycles. The molecule has 1 aromatic rings. The average Bonchev–Trinajstić information content (AvgIpc) is 2.62. The Morgan fingerprint density at radius 3 is 2.88 bits per heavy atom. The summed E-state index contributed by atoms with van der Waals surface area (Å²) in [6, 6.07) is 7.50. The molecule has 0 aromatic heterocycles. The van der Waals surface area contributed by atoms with Crippen molar-refractivity contribution in [3.63, 3.8) is 0 Å². The number of benzene rings is 1. The summed E-state index contributed by atoms with van der Waals surface area (Å²) in [7, 11) is 0. The molecule has 3 rings (SSSR count). The van der Waals surface area contributed by atoms with E-state index in [0.717, 1.165) is 36.5 Å². The summed E-state index contributed by atoms with van der Waals surface area (Å²) in [6.45, 7) is 0. The predicted octanol–water partition coefficient (Wildman–Crippen LogP) is 3.30. The van der Waals surface area contributed by atoms with Crippen molar-refractivity contribution in [1.29, 1.82) is 0 Å². The van der Waals surface area contributed by atoms with Crippen LogP contribution in [0, 0.1) is 0 Å². The van der Waals surface area contributed by atoms with Crippen LogP contribution >= 0.6 is 23.5 Å². The summed E-state index contributed by atoms with van der Waals surface area (Å²) in [5.74, 6) is 2.35. The number of carbonyl (C=O) groups is 2. The van der Waals surface area contributed by atoms with Gasteiger partial charge in [-0.2, -0.15) is 23.5 Å². The number of carbonyl (C=O) groups excluding carboxylic acids is 1. The van der Waals surface area contributed by atoms with E-state index in [1.807, 2.05) is 35.7 Å². The molecule has 1 aliphatic heterocycles. The fourth-order valence-electron chi connectivity index (χ4n) is 3.72. The quantitative estimate of drug-likeness (QED) is 0.794. The molecule has 1 aliphatic carbocycles. The van der Waals surface area contributed by atoms with Gasteiger partial charge in [0.25, 0.3) is 0 Å². The number of hydrogen-bond donors (Lipinski definition) is 2. The Labute approximate surface area is 157 Å². The lowest BCUT2D eigenvalue weighted by Gasteiger charge is -2.28. The highest BCUT2D eigenvalue weighted by Gasteiger charge is 2.29. The van der Waals surface area contributed by atoms with Gasteiger partial charge in [0, 0.05) is 28.9 Å². The van der Waals surface area contributed by atoms with Crippen molar-refractivity contribution in [2.75, 3.05) is 17.3 Å². The van der Waals surface area contributed by atoms with Crippen molar-refractivity contribution >= 4 is 35.4 Å². The molecule has 0 radical (unpaired) electrons. The third-order valence-corrected chi connectivity index (χ3v) is 7.79. The number of hydrogen-bond acceptors (Lipinski definition) is 4. The topological polar surface area (TPSA) is 66.4 Å². The zero-order valence-corrected chi connectivity index (χ0v) is 15.9. The first-order chi connectivity index (χ1) is 12.1. The zero-order chi connectivity index (χ0) is 17.6. The SMILES string of the molecule is O=C(CC1CSCCS1)NC(CC1CCCc2ccccc21)C(=O)O. The van der Waals surface area contributed by atoms with Crippen LogP contribution in [0.3, 0.4) is 0 Å². The van der Waals surface area contributed by atoms with E-state index < -0.39 is 12.0 Å². The average molecular weight is 380 g/mol. The van der Waals surface area contributed by atoms with E-state index in [1.54, 1.807) is 0 Å². The van der Waals surface area contributed by atoms with Crippen LogP contribution in [0.2, 0.25) is 0 Å². The molecule has 2 N–H and O–H groups in total. The van der Waals surface area contributed by atoms with E-state index in [4.69, 9.17) is 0 Å². The molecule has 1 amide bonds. The van der Waals surface area contributed by atoms with Crippen molar-refractivity contribution in [3.05, 3.63) is 35.4 Å². The van der Waals surface area contributed by atoms with E-state index in [9.17, 15) is 14.7 Å². The minimum Gasteiger partial charge on any atom is -0.480 e. The van der Waals surface area contributed by atoms with Crippen LogP contribution < -0.4 is 5.32 Å². The lowest BCUT2D eigenvalue weighted by atomic mass is 9.79. The molecular formula is C19H25NO3S2. The van der Waals surface area contributed by atoms with Gasteiger partial charge in [-0.25, -0.2) is 4.79 Å². The molecule has 4 nitrogen and oxygen atoms in total. The lowest BCUT2D eigenvalue weighted by Crippen LogP contribution is -2.43. The van der Waals surface area contributed by atoms with Crippen LogP contribution in [-0.2, 0) is 16.0 Å². The molecular weight excluding hydrogens is 354 g/mol. The molecule has 25 heavy (non-hydrogen) atoms. The van der Waals surface area contributed by atoms with E-state index in [-0.39, 0.29) is 11.8 Å². The third-order valence-electron chi connectivity index (χ3n) is 4.95. The van der Waals surface area contributed by atoms with Crippen LogP contribution in [-0.4, -0.2) is 45.5 Å². The molecule has 0 spiro atoms. The van der Waals surface area contributed by atoms with Gasteiger partial charge in [0.15, 0.2) is 0 Å². The first-order valence-corrected chi connectivity index (χ1v) is 11.1. The summed E-state index contributed by atoms with van der Waals surface area (Å²) < 4.78 is 0. The number of thioether (sulfide) groups is 2. The van der Waals surface area contributed by atoms with E-state index >= 15 is 0 Å². The Kier molecular flexibility index (Phi) is 6.70. The third kappa shape index (κ3) is 5.17. The Bertz CT molecular complexity index is 616. The fraction of sp³-hybridized carbons (Fsp3) is 0.579. The molecule has 6 heteroatoms. The summed E-state index contributed by atoms with van der Waals surface area (Å²) in [5.41, 5.74) is 2.58. The molecule has 0 bridgehead atoms. The highest BCUT2D eigenvalue weighted by atomic mass is 32.2. The molecule has 1 fully saturated rings. The molecule has 3 atom stereocenters. The van der Waals surface area contributed by atoms with E-state index in [2.05, 4.69) is 17.4 Å². The second kappa shape index (κ2) is 8.99. The van der Waals surface area contributed by atoms with Crippen molar-refractivity contribution in [3.8, 4) is 0 Å². The highest BCUT2D eigenvalue weighted by Crippen LogP contribution is 2.34. The van der Waals surface area contributed by atoms with Gasteiger partial charge < -0.3 is 10.4 Å². The summed E-state index contributed by atoms with van der Waals surface area (Å²) >= 11 is 3.70. The summed E-state index contributed by atoms with van der Waals surface area (Å²) in [4.78, 5) is 24.0. The molecule has 0 saturated carbocycles. The Balaban J connectivity index is 1.60. The number of carboxylic acids is 1. The van der Waals surface area contributed by atoms with Crippen molar-refractivity contribution < 1.29 is 14.7 Å². The first-order valence-electron chi connectivity index (χ1n) is 8.93. The minimum absolute atomic E-state index is 0.128. The van der Waals surface area contributed by atoms with Crippen molar-refractivity contribution in [1.82, 2.24) is 5.32 Å². The Hall–Kier alpha value is -1.14. The number of rotatable bonds is 6. The lowest BCUT2D eigenvalue weighted by molar-refractivity contribution is -0.142. The van der Waals surface area contributed by atoms with Gasteiger partial charge in [-0.3, -0.25) is 4.79 Å². The van der Waals surface area contributed by atoms with Gasteiger partial charge in [-0.1, -0.05) is 24.3 Å². The van der Waals surface area contributed by atoms with Crippen molar-refractivity contribution in [2.24, 2.45) is 0 Å². The number of carboxylic acid groups (broad SMARTS) is 1. The van der Waals surface area contributed by atoms with Crippen LogP contribution in [0.1, 0.15) is 42.7 Å². The number of aliphatic carboxylic acids is 1. The molecule has 1 heterocycles. The van der Waals surface area contributed by atoms with Crippen LogP contribution in [0.4, 0.5) is 0 Å². The van der Waals surface area contributed by atoms with Gasteiger partial charge in [-0.15, -0.1) is 0 Å². The number of fused-ring (bicyclic) bond motifs is 1. The number of aryl methyl sites for hydroxylation is 1. The second-order valence-electron chi connectivity index (χ2n) is 6.75. The normalized spacial score (nSPS) is 24.2. The molecule has 3 unspecified atom stereocenters. The van der Waals surface area contributed by atoms with Crippen LogP contribution in [0.15, 0.2) is 24.3 Å². The summed E-state index contributed by atoms with van der Waals surface area (Å²) in [5, 5.41) is 12.7. The largest absolute Gasteiger partial charge is 0.480 e. The smallest absolute Gasteiger partial charge is 0.326 e. The monoisotopic (exact) mass is 379 g/mol. The first kappa shape index (κ1) is 18.6. The maximum atomic E-state index is 12.3. The number of nitrogens with one attached hydrogen (secondary N) is 1. The summed E-state index contributed by atoms with van der Waals surface area (Å²) in [6.07, 6.45) is 4.03. The van der Waals surface area contributed by atoms with E-state index in [1.165, 1.54) is 11.1 Å². The van der Waals surface area contributed by atoms with Crippen molar-refractivity contribution in [2.45, 2.75) is 49.3 Å². The molecule has 1 saturated heterocycles. The van der Waals surface area contributed by atoms with Gasteiger partial charge in [0.1, 0.15) is 6.04 Å². The number of amides is 1. The van der Waals surface area contributed by atoms with Crippen LogP contribution in [0.25, 0.3) is 0 Å². The molecule has 136 valence electrons. The minimum atomic E-state index is -0.929. The highest BCUT2D eigenvalue weighted by molar-refractivity contribution is 8.06. The van der Waals surface area contributed by atoms with Gasteiger partial charge in [0.05, 0.1) is 0 Å².